The van der Waals surface area contributed by atoms with Crippen LogP contribution in [0.1, 0.15) is 40.2 Å². The second-order valence-electron chi connectivity index (χ2n) is 7.37. The minimum Gasteiger partial charge on any atom is -1.00 e. The molecule has 0 saturated heterocycles. The zero-order valence-corrected chi connectivity index (χ0v) is 23.8. The zero-order chi connectivity index (χ0) is 16.4. The van der Waals surface area contributed by atoms with E-state index in [9.17, 15) is 0 Å². The van der Waals surface area contributed by atoms with Gasteiger partial charge in [0.15, 0.2) is 0 Å². The Kier molecular flexibility index (Phi) is 8.03. The Balaban J connectivity index is 0.00000113. The predicted molar refractivity (Wildman–Crippen MR) is 102 cm³/mol. The molecule has 0 unspecified atom stereocenters. The van der Waals surface area contributed by atoms with Crippen LogP contribution in [0.5, 0.6) is 0 Å². The maximum Gasteiger partial charge on any atom is 0.00475 e. The molecular formula is C23H23HfI2-3. The van der Waals surface area contributed by atoms with Crippen LogP contribution in [0.2, 0.25) is 0 Å². The van der Waals surface area contributed by atoms with Crippen molar-refractivity contribution in [1.29, 1.82) is 0 Å². The van der Waals surface area contributed by atoms with Crippen molar-refractivity contribution in [3.05, 3.63) is 70.8 Å². The first-order valence-electron chi connectivity index (χ1n) is 8.40. The van der Waals surface area contributed by atoms with Gasteiger partial charge in [0, 0.05) is 31.3 Å². The molecular weight excluding hydrogens is 709 g/mol. The summed E-state index contributed by atoms with van der Waals surface area (Å²) in [4.78, 5) is 0. The van der Waals surface area contributed by atoms with E-state index in [0.717, 1.165) is 0 Å². The van der Waals surface area contributed by atoms with Crippen LogP contribution in [0.4, 0.5) is 0 Å². The van der Waals surface area contributed by atoms with E-state index in [1.807, 2.05) is 0 Å². The standard InChI is InChI=1S/C23H23.Hf.2HI/c1-14-15(2)22(23(4,5)16(14)3)20-12-8-11-19-18-10-7-6-9-17(18)13-21(19)20;;;/h6-13H,1-5H3;;2*1H/q-1;;;/p-2. The molecule has 0 heterocycles. The van der Waals surface area contributed by atoms with Crippen LogP contribution < -0.4 is 48.0 Å². The van der Waals surface area contributed by atoms with E-state index in [-0.39, 0.29) is 79.2 Å². The van der Waals surface area contributed by atoms with Crippen molar-refractivity contribution in [2.75, 3.05) is 0 Å². The molecule has 0 saturated carbocycles. The third-order valence-corrected chi connectivity index (χ3v) is 5.99. The number of halogens is 2. The molecule has 3 aromatic carbocycles. The SMILES string of the molecule is CC1=C(C)C(C)(C)C(c2cccc3c2[cH-]c2ccccc23)=C1C.[Hf].[I-].[I-]. The van der Waals surface area contributed by atoms with Gasteiger partial charge in [0.25, 0.3) is 0 Å². The monoisotopic (exact) mass is 733 g/mol. The number of hydrogen-bond donors (Lipinski definition) is 0. The smallest absolute Gasteiger partial charge is 0.00475 e. The molecule has 3 aromatic rings. The van der Waals surface area contributed by atoms with Crippen molar-refractivity contribution >= 4 is 27.1 Å². The predicted octanol–water partition coefficient (Wildman–Crippen LogP) is 0.867. The molecule has 1 aliphatic carbocycles. The maximum atomic E-state index is 2.36. The Labute approximate surface area is 209 Å². The van der Waals surface area contributed by atoms with Crippen LogP contribution in [-0.4, -0.2) is 0 Å². The second kappa shape index (κ2) is 8.64. The Morgan fingerprint density at radius 3 is 2.00 bits per heavy atom. The third-order valence-electron chi connectivity index (χ3n) is 5.99. The van der Waals surface area contributed by atoms with E-state index in [0.29, 0.717) is 0 Å². The quantitative estimate of drug-likeness (QED) is 0.198. The molecule has 26 heavy (non-hydrogen) atoms. The molecule has 3 heteroatoms. The molecule has 1 aliphatic rings. The topological polar surface area (TPSA) is 0 Å². The summed E-state index contributed by atoms with van der Waals surface area (Å²) in [7, 11) is 0. The van der Waals surface area contributed by atoms with E-state index >= 15 is 0 Å². The van der Waals surface area contributed by atoms with Gasteiger partial charge in [0.05, 0.1) is 0 Å². The number of rotatable bonds is 1. The first-order chi connectivity index (χ1) is 10.9. The van der Waals surface area contributed by atoms with E-state index in [2.05, 4.69) is 83.1 Å². The van der Waals surface area contributed by atoms with Gasteiger partial charge in [-0.05, 0) is 26.3 Å². The zero-order valence-electron chi connectivity index (χ0n) is 15.9. The summed E-state index contributed by atoms with van der Waals surface area (Å²) in [6, 6.07) is 17.8. The Hall–Kier alpha value is 0.120. The summed E-state index contributed by atoms with van der Waals surface area (Å²) < 4.78 is 0. The van der Waals surface area contributed by atoms with Crippen molar-refractivity contribution in [2.45, 2.75) is 34.6 Å². The van der Waals surface area contributed by atoms with Crippen molar-refractivity contribution in [3.63, 3.8) is 0 Å². The molecule has 4 rings (SSSR count). The van der Waals surface area contributed by atoms with Gasteiger partial charge in [-0.15, -0.1) is 33.7 Å². The summed E-state index contributed by atoms with van der Waals surface area (Å²) >= 11 is 0. The van der Waals surface area contributed by atoms with Crippen molar-refractivity contribution < 1.29 is 73.8 Å². The Morgan fingerprint density at radius 2 is 1.38 bits per heavy atom. The van der Waals surface area contributed by atoms with E-state index in [1.165, 1.54) is 49.4 Å². The maximum absolute atomic E-state index is 2.36. The summed E-state index contributed by atoms with van der Waals surface area (Å²) in [6.45, 7) is 11.6. The van der Waals surface area contributed by atoms with Crippen LogP contribution in [0.25, 0.3) is 27.1 Å². The average molecular weight is 732 g/mol. The fourth-order valence-corrected chi connectivity index (χ4v) is 4.33. The molecule has 0 aliphatic heterocycles. The van der Waals surface area contributed by atoms with E-state index in [4.69, 9.17) is 0 Å². The summed E-state index contributed by atoms with van der Waals surface area (Å²) in [5, 5.41) is 5.46. The summed E-state index contributed by atoms with van der Waals surface area (Å²) in [6.07, 6.45) is 0. The van der Waals surface area contributed by atoms with Crippen molar-refractivity contribution in [2.24, 2.45) is 5.41 Å². The fraction of sp³-hybridized carbons (Fsp3) is 0.261. The number of fused-ring (bicyclic) bond motifs is 3. The number of benzene rings is 2. The fourth-order valence-electron chi connectivity index (χ4n) is 4.33. The van der Waals surface area contributed by atoms with Crippen LogP contribution >= 0.6 is 0 Å². The Bertz CT molecular complexity index is 1020. The number of hydrogen-bond acceptors (Lipinski definition) is 0. The average Bonchev–Trinajstić information content (AvgIpc) is 2.98. The molecule has 0 nitrogen and oxygen atoms in total. The first kappa shape index (κ1) is 24.2. The van der Waals surface area contributed by atoms with Gasteiger partial charge in [-0.1, -0.05) is 72.5 Å². The van der Waals surface area contributed by atoms with Gasteiger partial charge in [0.1, 0.15) is 0 Å². The van der Waals surface area contributed by atoms with Crippen molar-refractivity contribution in [1.82, 2.24) is 0 Å². The molecule has 0 spiro atoms. The van der Waals surface area contributed by atoms with Crippen LogP contribution in [0.15, 0.2) is 65.3 Å². The minimum absolute atomic E-state index is 0. The molecule has 0 bridgehead atoms. The molecule has 0 fully saturated rings. The van der Waals surface area contributed by atoms with Gasteiger partial charge >= 0.3 is 0 Å². The van der Waals surface area contributed by atoms with Gasteiger partial charge in [-0.3, -0.25) is 0 Å². The van der Waals surface area contributed by atoms with Crippen LogP contribution in [0.3, 0.4) is 0 Å². The molecule has 0 amide bonds. The largest absolute Gasteiger partial charge is 1.00 e. The Morgan fingerprint density at radius 1 is 0.769 bits per heavy atom. The van der Waals surface area contributed by atoms with E-state index < -0.39 is 0 Å². The number of allylic oxidation sites excluding steroid dienone is 4. The molecule has 0 radical (unpaired) electrons. The summed E-state index contributed by atoms with van der Waals surface area (Å²) in [5.74, 6) is 0. The normalized spacial score (nSPS) is 15.7. The van der Waals surface area contributed by atoms with Crippen molar-refractivity contribution in [3.8, 4) is 0 Å². The van der Waals surface area contributed by atoms with Crippen LogP contribution in [-0.2, 0) is 25.8 Å². The minimum atomic E-state index is 0. The molecule has 0 N–H and O–H groups in total. The van der Waals surface area contributed by atoms with E-state index in [1.54, 1.807) is 0 Å². The third kappa shape index (κ3) is 3.45. The summed E-state index contributed by atoms with van der Waals surface area (Å²) in [5.41, 5.74) is 7.40. The van der Waals surface area contributed by atoms with Crippen LogP contribution in [0, 0.1) is 5.41 Å². The first-order valence-corrected chi connectivity index (χ1v) is 8.40. The second-order valence-corrected chi connectivity index (χ2v) is 7.37. The van der Waals surface area contributed by atoms with Gasteiger partial charge in [-0.25, -0.2) is 0 Å². The molecule has 136 valence electrons. The molecule has 0 aromatic heterocycles. The van der Waals surface area contributed by atoms with Gasteiger partial charge in [0.2, 0.25) is 0 Å². The molecule has 0 atom stereocenters. The van der Waals surface area contributed by atoms with Gasteiger partial charge < -0.3 is 48.0 Å². The van der Waals surface area contributed by atoms with Gasteiger partial charge in [-0.2, -0.15) is 0 Å².